The molecule has 1 N–H and O–H groups in total. The maximum Gasteiger partial charge on any atom is 0.319 e. The molecule has 1 aromatic heterocycles. The molecule has 116 valence electrons. The molecule has 1 aromatic rings. The standard InChI is InChI=1S/C14H22N4O3/c1-8-6-10(19)11(13(20)21-14(2,3)4)12(15-8)9-7-18(5)17-16-9/h7-8,11-12,15H,6H2,1-5H3. The van der Waals surface area contributed by atoms with Crippen LogP contribution in [0.3, 0.4) is 0 Å². The van der Waals surface area contributed by atoms with Crippen molar-refractivity contribution >= 4 is 11.8 Å². The van der Waals surface area contributed by atoms with Crippen LogP contribution >= 0.6 is 0 Å². The van der Waals surface area contributed by atoms with Gasteiger partial charge in [-0.3, -0.25) is 14.3 Å². The van der Waals surface area contributed by atoms with Gasteiger partial charge in [0.15, 0.2) is 5.78 Å². The number of hydrogen-bond acceptors (Lipinski definition) is 6. The third-order valence-corrected chi connectivity index (χ3v) is 3.25. The molecule has 1 aliphatic heterocycles. The second kappa shape index (κ2) is 5.55. The molecule has 0 amide bonds. The molecule has 0 bridgehead atoms. The number of Topliss-reactive ketones (excluding diaryl/α,β-unsaturated/α-hetero) is 1. The third-order valence-electron chi connectivity index (χ3n) is 3.25. The molecule has 0 saturated carbocycles. The number of aryl methyl sites for hydroxylation is 1. The molecule has 3 atom stereocenters. The number of carbonyl (C=O) groups is 2. The molecule has 1 aliphatic rings. The summed E-state index contributed by atoms with van der Waals surface area (Å²) in [6.07, 6.45) is 2.01. The molecule has 0 aromatic carbocycles. The molecule has 0 aliphatic carbocycles. The van der Waals surface area contributed by atoms with E-state index in [1.54, 1.807) is 38.7 Å². The Bertz CT molecular complexity index is 547. The van der Waals surface area contributed by atoms with E-state index in [9.17, 15) is 9.59 Å². The van der Waals surface area contributed by atoms with Crippen molar-refractivity contribution in [2.45, 2.75) is 51.8 Å². The molecular formula is C14H22N4O3. The molecule has 3 unspecified atom stereocenters. The van der Waals surface area contributed by atoms with Crippen molar-refractivity contribution in [3.05, 3.63) is 11.9 Å². The van der Waals surface area contributed by atoms with E-state index in [4.69, 9.17) is 4.74 Å². The smallest absolute Gasteiger partial charge is 0.319 e. The number of ether oxygens (including phenoxy) is 1. The van der Waals surface area contributed by atoms with Gasteiger partial charge in [0.2, 0.25) is 0 Å². The number of rotatable bonds is 2. The monoisotopic (exact) mass is 294 g/mol. The lowest BCUT2D eigenvalue weighted by Crippen LogP contribution is -2.50. The predicted molar refractivity (Wildman–Crippen MR) is 75.3 cm³/mol. The van der Waals surface area contributed by atoms with Crippen molar-refractivity contribution in [2.24, 2.45) is 13.0 Å². The van der Waals surface area contributed by atoms with Crippen LogP contribution in [-0.4, -0.2) is 38.4 Å². The second-order valence-electron chi connectivity index (χ2n) is 6.54. The fourth-order valence-electron chi connectivity index (χ4n) is 2.47. The first-order valence-corrected chi connectivity index (χ1v) is 7.05. The van der Waals surface area contributed by atoms with E-state index in [0.717, 1.165) is 0 Å². The minimum Gasteiger partial charge on any atom is -0.459 e. The fraction of sp³-hybridized carbons (Fsp3) is 0.714. The summed E-state index contributed by atoms with van der Waals surface area (Å²) in [5.41, 5.74) is -0.0545. The summed E-state index contributed by atoms with van der Waals surface area (Å²) in [7, 11) is 1.74. The maximum absolute atomic E-state index is 12.4. The number of carbonyl (C=O) groups excluding carboxylic acids is 2. The van der Waals surface area contributed by atoms with E-state index in [1.807, 2.05) is 6.92 Å². The molecule has 7 heteroatoms. The Morgan fingerprint density at radius 2 is 2.14 bits per heavy atom. The van der Waals surface area contributed by atoms with Crippen LogP contribution in [0.15, 0.2) is 6.20 Å². The van der Waals surface area contributed by atoms with Gasteiger partial charge in [0, 0.05) is 25.7 Å². The summed E-state index contributed by atoms with van der Waals surface area (Å²) < 4.78 is 6.94. The number of nitrogens with zero attached hydrogens (tertiary/aromatic N) is 3. The Hall–Kier alpha value is -1.76. The Morgan fingerprint density at radius 3 is 2.67 bits per heavy atom. The van der Waals surface area contributed by atoms with Gasteiger partial charge in [-0.1, -0.05) is 5.21 Å². The average molecular weight is 294 g/mol. The second-order valence-corrected chi connectivity index (χ2v) is 6.54. The van der Waals surface area contributed by atoms with Gasteiger partial charge in [0.25, 0.3) is 0 Å². The van der Waals surface area contributed by atoms with E-state index >= 15 is 0 Å². The van der Waals surface area contributed by atoms with Crippen molar-refractivity contribution < 1.29 is 14.3 Å². The Kier molecular flexibility index (Phi) is 4.13. The van der Waals surface area contributed by atoms with E-state index in [-0.39, 0.29) is 11.8 Å². The Balaban J connectivity index is 2.29. The number of ketones is 1. The predicted octanol–water partition coefficient (Wildman–Crippen LogP) is 0.765. The molecule has 1 fully saturated rings. The van der Waals surface area contributed by atoms with Crippen LogP contribution in [-0.2, 0) is 21.4 Å². The van der Waals surface area contributed by atoms with Gasteiger partial charge >= 0.3 is 5.97 Å². The van der Waals surface area contributed by atoms with Gasteiger partial charge in [0.05, 0.1) is 6.04 Å². The summed E-state index contributed by atoms with van der Waals surface area (Å²) in [6.45, 7) is 7.26. The Labute approximate surface area is 124 Å². The number of nitrogens with one attached hydrogen (secondary N) is 1. The summed E-state index contributed by atoms with van der Waals surface area (Å²) in [5.74, 6) is -1.51. The van der Waals surface area contributed by atoms with Gasteiger partial charge in [-0.25, -0.2) is 0 Å². The molecule has 21 heavy (non-hydrogen) atoms. The summed E-state index contributed by atoms with van der Waals surface area (Å²) in [4.78, 5) is 24.7. The normalized spacial score (nSPS) is 26.7. The summed E-state index contributed by atoms with van der Waals surface area (Å²) in [6, 6.07) is -0.506. The SMILES string of the molecule is CC1CC(=O)C(C(=O)OC(C)(C)C)C(c2cn(C)nn2)N1. The zero-order chi connectivity index (χ0) is 15.8. The fourth-order valence-corrected chi connectivity index (χ4v) is 2.47. The third kappa shape index (κ3) is 3.66. The van der Waals surface area contributed by atoms with Crippen molar-refractivity contribution in [1.29, 1.82) is 0 Å². The highest BCUT2D eigenvalue weighted by Gasteiger charge is 2.43. The van der Waals surface area contributed by atoms with E-state index in [1.165, 1.54) is 0 Å². The topological polar surface area (TPSA) is 86.1 Å². The molecule has 0 spiro atoms. The first-order valence-electron chi connectivity index (χ1n) is 7.05. The minimum absolute atomic E-state index is 0.0109. The van der Waals surface area contributed by atoms with Crippen LogP contribution in [0.4, 0.5) is 0 Å². The van der Waals surface area contributed by atoms with Gasteiger partial charge in [-0.15, -0.1) is 5.10 Å². The van der Waals surface area contributed by atoms with Crippen LogP contribution in [0.5, 0.6) is 0 Å². The van der Waals surface area contributed by atoms with Crippen LogP contribution in [0.25, 0.3) is 0 Å². The van der Waals surface area contributed by atoms with Crippen LogP contribution in [0.2, 0.25) is 0 Å². The Morgan fingerprint density at radius 1 is 1.48 bits per heavy atom. The van der Waals surface area contributed by atoms with Crippen LogP contribution < -0.4 is 5.32 Å². The molecule has 7 nitrogen and oxygen atoms in total. The highest BCUT2D eigenvalue weighted by Crippen LogP contribution is 2.30. The maximum atomic E-state index is 12.4. The van der Waals surface area contributed by atoms with Crippen molar-refractivity contribution in [3.8, 4) is 0 Å². The van der Waals surface area contributed by atoms with Gasteiger partial charge < -0.3 is 10.1 Å². The van der Waals surface area contributed by atoms with E-state index < -0.39 is 23.5 Å². The van der Waals surface area contributed by atoms with Crippen molar-refractivity contribution in [1.82, 2.24) is 20.3 Å². The van der Waals surface area contributed by atoms with Crippen LogP contribution in [0.1, 0.15) is 45.9 Å². The number of hydrogen-bond donors (Lipinski definition) is 1. The number of piperidine rings is 1. The summed E-state index contributed by atoms with van der Waals surface area (Å²) >= 11 is 0. The highest BCUT2D eigenvalue weighted by atomic mass is 16.6. The lowest BCUT2D eigenvalue weighted by atomic mass is 9.85. The zero-order valence-corrected chi connectivity index (χ0v) is 13.1. The van der Waals surface area contributed by atoms with Crippen molar-refractivity contribution in [2.75, 3.05) is 0 Å². The lowest BCUT2D eigenvalue weighted by Gasteiger charge is -2.34. The van der Waals surface area contributed by atoms with Gasteiger partial charge in [-0.05, 0) is 27.7 Å². The summed E-state index contributed by atoms with van der Waals surface area (Å²) in [5, 5.41) is 11.2. The molecule has 2 heterocycles. The number of esters is 1. The van der Waals surface area contributed by atoms with Crippen molar-refractivity contribution in [3.63, 3.8) is 0 Å². The minimum atomic E-state index is -0.878. The quantitative estimate of drug-likeness (QED) is 0.640. The number of aromatic nitrogens is 3. The highest BCUT2D eigenvalue weighted by molar-refractivity contribution is 6.00. The van der Waals surface area contributed by atoms with Gasteiger partial charge in [-0.2, -0.15) is 0 Å². The van der Waals surface area contributed by atoms with Gasteiger partial charge in [0.1, 0.15) is 17.2 Å². The molecule has 0 radical (unpaired) electrons. The van der Waals surface area contributed by atoms with E-state index in [0.29, 0.717) is 12.1 Å². The van der Waals surface area contributed by atoms with E-state index in [2.05, 4.69) is 15.6 Å². The molecular weight excluding hydrogens is 272 g/mol. The average Bonchev–Trinajstić information content (AvgIpc) is 2.72. The first kappa shape index (κ1) is 15.6. The largest absolute Gasteiger partial charge is 0.459 e. The first-order chi connectivity index (χ1) is 9.67. The zero-order valence-electron chi connectivity index (χ0n) is 13.1. The lowest BCUT2D eigenvalue weighted by molar-refractivity contribution is -0.164. The van der Waals surface area contributed by atoms with Crippen LogP contribution in [0, 0.1) is 5.92 Å². The molecule has 2 rings (SSSR count). The molecule has 1 saturated heterocycles.